The first kappa shape index (κ1) is 21.9. The minimum atomic E-state index is -0.756. The molecule has 2 unspecified atom stereocenters. The summed E-state index contributed by atoms with van der Waals surface area (Å²) >= 11 is 0. The molecule has 1 saturated heterocycles. The van der Waals surface area contributed by atoms with E-state index in [0.717, 1.165) is 41.1 Å². The van der Waals surface area contributed by atoms with Crippen LogP contribution in [0, 0.1) is 0 Å². The molecular formula is C27H30N2O3. The van der Waals surface area contributed by atoms with Gasteiger partial charge in [0.05, 0.1) is 6.04 Å². The second-order valence-electron chi connectivity index (χ2n) is 8.47. The molecule has 1 aliphatic heterocycles. The summed E-state index contributed by atoms with van der Waals surface area (Å²) in [5.74, 6) is 0.0289. The molecule has 1 heterocycles. The van der Waals surface area contributed by atoms with Crippen molar-refractivity contribution >= 4 is 11.7 Å². The Morgan fingerprint density at radius 3 is 2.47 bits per heavy atom. The number of aliphatic carboxylic acids is 1. The summed E-state index contributed by atoms with van der Waals surface area (Å²) < 4.78 is 6.06. The van der Waals surface area contributed by atoms with Crippen LogP contribution in [0.15, 0.2) is 78.9 Å². The van der Waals surface area contributed by atoms with E-state index in [1.165, 1.54) is 0 Å². The number of hydrogen-bond donors (Lipinski definition) is 1. The highest BCUT2D eigenvalue weighted by molar-refractivity contribution is 5.74. The number of nitrogens with zero attached hydrogens (tertiary/aromatic N) is 2. The molecule has 2 atom stereocenters. The van der Waals surface area contributed by atoms with E-state index < -0.39 is 12.0 Å². The minimum absolute atomic E-state index is 0.143. The van der Waals surface area contributed by atoms with Gasteiger partial charge in [0.1, 0.15) is 18.4 Å². The third-order valence-corrected chi connectivity index (χ3v) is 6.06. The summed E-state index contributed by atoms with van der Waals surface area (Å²) in [5, 5.41) is 9.84. The lowest BCUT2D eigenvalue weighted by Gasteiger charge is -2.32. The molecule has 166 valence electrons. The van der Waals surface area contributed by atoms with Crippen molar-refractivity contribution in [1.29, 1.82) is 0 Å². The second-order valence-corrected chi connectivity index (χ2v) is 8.47. The van der Waals surface area contributed by atoms with Crippen molar-refractivity contribution in [3.05, 3.63) is 95.6 Å². The topological polar surface area (TPSA) is 53.0 Å². The van der Waals surface area contributed by atoms with Gasteiger partial charge in [0.2, 0.25) is 0 Å². The smallest absolute Gasteiger partial charge is 0.320 e. The van der Waals surface area contributed by atoms with E-state index in [9.17, 15) is 9.90 Å². The zero-order valence-corrected chi connectivity index (χ0v) is 18.6. The summed E-state index contributed by atoms with van der Waals surface area (Å²) in [6.45, 7) is 1.25. The maximum Gasteiger partial charge on any atom is 0.320 e. The van der Waals surface area contributed by atoms with Gasteiger partial charge in [0.25, 0.3) is 0 Å². The largest absolute Gasteiger partial charge is 0.489 e. The Bertz CT molecular complexity index is 1030. The standard InChI is InChI=1S/C27H30N2O3/c1-28(2)23-15-13-21(14-16-23)26(29-17-7-12-25(29)27(30)31)22-10-6-11-24(18-22)32-19-20-8-4-3-5-9-20/h3-6,8-11,13-16,18,25-26H,7,12,17,19H2,1-2H3,(H,30,31). The molecule has 1 fully saturated rings. The lowest BCUT2D eigenvalue weighted by Crippen LogP contribution is -2.39. The summed E-state index contributed by atoms with van der Waals surface area (Å²) in [6.07, 6.45) is 1.55. The number of benzene rings is 3. The Morgan fingerprint density at radius 1 is 1.03 bits per heavy atom. The minimum Gasteiger partial charge on any atom is -0.489 e. The van der Waals surface area contributed by atoms with Gasteiger partial charge < -0.3 is 14.7 Å². The molecule has 4 rings (SSSR count). The number of hydrogen-bond acceptors (Lipinski definition) is 4. The van der Waals surface area contributed by atoms with E-state index >= 15 is 0 Å². The van der Waals surface area contributed by atoms with Gasteiger partial charge in [-0.15, -0.1) is 0 Å². The summed E-state index contributed by atoms with van der Waals surface area (Å²) in [4.78, 5) is 16.2. The van der Waals surface area contributed by atoms with Crippen LogP contribution in [0.3, 0.4) is 0 Å². The average Bonchev–Trinajstić information content (AvgIpc) is 3.29. The van der Waals surface area contributed by atoms with Crippen LogP contribution < -0.4 is 9.64 Å². The molecule has 0 amide bonds. The number of rotatable bonds is 8. The first-order valence-electron chi connectivity index (χ1n) is 11.1. The van der Waals surface area contributed by atoms with E-state index in [2.05, 4.69) is 40.1 Å². The summed E-state index contributed by atoms with van der Waals surface area (Å²) in [6, 6.07) is 25.9. The van der Waals surface area contributed by atoms with E-state index in [4.69, 9.17) is 4.74 Å². The molecule has 5 nitrogen and oxygen atoms in total. The lowest BCUT2D eigenvalue weighted by molar-refractivity contribution is -0.142. The van der Waals surface area contributed by atoms with Crippen molar-refractivity contribution in [2.75, 3.05) is 25.5 Å². The van der Waals surface area contributed by atoms with Crippen molar-refractivity contribution < 1.29 is 14.6 Å². The number of carbonyl (C=O) groups is 1. The van der Waals surface area contributed by atoms with Gasteiger partial charge in [0.15, 0.2) is 0 Å². The number of anilines is 1. The predicted molar refractivity (Wildman–Crippen MR) is 127 cm³/mol. The number of ether oxygens (including phenoxy) is 1. The number of carboxylic acid groups (broad SMARTS) is 1. The normalized spacial score (nSPS) is 17.1. The van der Waals surface area contributed by atoms with Gasteiger partial charge in [-0.25, -0.2) is 0 Å². The molecule has 0 aliphatic carbocycles. The molecule has 0 spiro atoms. The highest BCUT2D eigenvalue weighted by atomic mass is 16.5. The fourth-order valence-corrected chi connectivity index (χ4v) is 4.41. The van der Waals surface area contributed by atoms with Crippen LogP contribution in [0.1, 0.15) is 35.6 Å². The molecule has 0 saturated carbocycles. The molecule has 0 aromatic heterocycles. The van der Waals surface area contributed by atoms with Crippen molar-refractivity contribution in [2.24, 2.45) is 0 Å². The first-order valence-corrected chi connectivity index (χ1v) is 11.1. The van der Waals surface area contributed by atoms with Crippen molar-refractivity contribution in [1.82, 2.24) is 4.90 Å². The second kappa shape index (κ2) is 9.88. The molecule has 0 bridgehead atoms. The van der Waals surface area contributed by atoms with Crippen LogP contribution in [0.2, 0.25) is 0 Å². The van der Waals surface area contributed by atoms with Crippen LogP contribution in [0.5, 0.6) is 5.75 Å². The van der Waals surface area contributed by atoms with E-state index in [1.807, 2.05) is 62.6 Å². The molecule has 3 aromatic rings. The molecule has 1 N–H and O–H groups in total. The van der Waals surface area contributed by atoms with Crippen LogP contribution in [-0.2, 0) is 11.4 Å². The van der Waals surface area contributed by atoms with Gasteiger partial charge in [0, 0.05) is 26.3 Å². The van der Waals surface area contributed by atoms with Crippen molar-refractivity contribution in [2.45, 2.75) is 31.5 Å². The van der Waals surface area contributed by atoms with Crippen LogP contribution >= 0.6 is 0 Å². The van der Waals surface area contributed by atoms with Gasteiger partial charge in [-0.1, -0.05) is 54.6 Å². The Kier molecular flexibility index (Phi) is 6.76. The van der Waals surface area contributed by atoms with Gasteiger partial charge in [-0.05, 0) is 53.8 Å². The third-order valence-electron chi connectivity index (χ3n) is 6.06. The Labute approximate surface area is 189 Å². The zero-order valence-electron chi connectivity index (χ0n) is 18.6. The first-order chi connectivity index (χ1) is 15.5. The maximum absolute atomic E-state index is 12.0. The van der Waals surface area contributed by atoms with E-state index in [0.29, 0.717) is 13.0 Å². The highest BCUT2D eigenvalue weighted by Gasteiger charge is 2.37. The summed E-state index contributed by atoms with van der Waals surface area (Å²) in [7, 11) is 4.03. The fourth-order valence-electron chi connectivity index (χ4n) is 4.41. The molecule has 5 heteroatoms. The lowest BCUT2D eigenvalue weighted by atomic mass is 9.95. The third kappa shape index (κ3) is 4.94. The van der Waals surface area contributed by atoms with E-state index in [-0.39, 0.29) is 6.04 Å². The molecule has 1 aliphatic rings. The summed E-state index contributed by atoms with van der Waals surface area (Å²) in [5.41, 5.74) is 4.35. The monoisotopic (exact) mass is 430 g/mol. The SMILES string of the molecule is CN(C)c1ccc(C(c2cccc(OCc3ccccc3)c2)N2CCCC2C(=O)O)cc1. The van der Waals surface area contributed by atoms with Crippen LogP contribution in [0.25, 0.3) is 0 Å². The van der Waals surface area contributed by atoms with Gasteiger partial charge in [-0.2, -0.15) is 0 Å². The number of carboxylic acids is 1. The van der Waals surface area contributed by atoms with Crippen molar-refractivity contribution in [3.63, 3.8) is 0 Å². The molecule has 0 radical (unpaired) electrons. The van der Waals surface area contributed by atoms with Crippen molar-refractivity contribution in [3.8, 4) is 5.75 Å². The Balaban J connectivity index is 1.66. The van der Waals surface area contributed by atoms with E-state index in [1.54, 1.807) is 0 Å². The Hall–Kier alpha value is -3.31. The van der Waals surface area contributed by atoms with Gasteiger partial charge >= 0.3 is 5.97 Å². The zero-order chi connectivity index (χ0) is 22.5. The number of likely N-dealkylation sites (tertiary alicyclic amines) is 1. The maximum atomic E-state index is 12.0. The van der Waals surface area contributed by atoms with Gasteiger partial charge in [-0.3, -0.25) is 9.69 Å². The molecular weight excluding hydrogens is 400 g/mol. The van der Waals surface area contributed by atoms with Crippen LogP contribution in [0.4, 0.5) is 5.69 Å². The molecule has 3 aromatic carbocycles. The highest BCUT2D eigenvalue weighted by Crippen LogP contribution is 2.36. The Morgan fingerprint density at radius 2 is 1.78 bits per heavy atom. The predicted octanol–water partition coefficient (Wildman–Crippen LogP) is 4.97. The molecule has 32 heavy (non-hydrogen) atoms. The van der Waals surface area contributed by atoms with Crippen LogP contribution in [-0.4, -0.2) is 42.7 Å². The average molecular weight is 431 g/mol. The fraction of sp³-hybridized carbons (Fsp3) is 0.296. The quantitative estimate of drug-likeness (QED) is 0.547.